The first-order chi connectivity index (χ1) is 10.0. The van der Waals surface area contributed by atoms with E-state index in [0.717, 1.165) is 44.0 Å². The summed E-state index contributed by atoms with van der Waals surface area (Å²) >= 11 is 0. The smallest absolute Gasteiger partial charge is 0.371 e. The number of ether oxygens (including phenoxy) is 1. The van der Waals surface area contributed by atoms with Gasteiger partial charge in [-0.15, -0.1) is 0 Å². The maximum atomic E-state index is 11.0. The van der Waals surface area contributed by atoms with Gasteiger partial charge in [0.1, 0.15) is 5.76 Å². The molecule has 21 heavy (non-hydrogen) atoms. The average Bonchev–Trinajstić information content (AvgIpc) is 2.69. The number of furan rings is 1. The standard InChI is InChI=1S/C16H25NO4/c1-4-13-12(8-14(21-13)16(18)19)9-17-6-5-7-20-15(10-17)11(2)3/h8,11,15H,4-7,9-10H2,1-3H3,(H,18,19). The minimum absolute atomic E-state index is 0.0355. The molecule has 0 spiro atoms. The van der Waals surface area contributed by atoms with E-state index in [1.807, 2.05) is 6.92 Å². The first kappa shape index (κ1) is 16.0. The third-order valence-corrected chi connectivity index (χ3v) is 3.95. The minimum atomic E-state index is -1.00. The lowest BCUT2D eigenvalue weighted by atomic mass is 10.1. The Labute approximate surface area is 125 Å². The van der Waals surface area contributed by atoms with Crippen molar-refractivity contribution in [3.05, 3.63) is 23.2 Å². The topological polar surface area (TPSA) is 62.9 Å². The van der Waals surface area contributed by atoms with E-state index >= 15 is 0 Å². The molecule has 0 radical (unpaired) electrons. The van der Waals surface area contributed by atoms with Crippen LogP contribution in [0.1, 0.15) is 49.1 Å². The van der Waals surface area contributed by atoms with Gasteiger partial charge in [-0.25, -0.2) is 4.79 Å². The second kappa shape index (κ2) is 7.09. The van der Waals surface area contributed by atoms with Crippen LogP contribution in [0.3, 0.4) is 0 Å². The van der Waals surface area contributed by atoms with Gasteiger partial charge in [-0.2, -0.15) is 0 Å². The van der Waals surface area contributed by atoms with Crippen LogP contribution in [-0.2, 0) is 17.7 Å². The summed E-state index contributed by atoms with van der Waals surface area (Å²) in [5.41, 5.74) is 0.985. The number of aromatic carboxylic acids is 1. The van der Waals surface area contributed by atoms with Crippen LogP contribution in [-0.4, -0.2) is 41.8 Å². The van der Waals surface area contributed by atoms with Gasteiger partial charge in [-0.1, -0.05) is 20.8 Å². The fourth-order valence-electron chi connectivity index (χ4n) is 2.71. The lowest BCUT2D eigenvalue weighted by Crippen LogP contribution is -2.34. The molecule has 1 aromatic rings. The van der Waals surface area contributed by atoms with Crippen LogP contribution in [0, 0.1) is 5.92 Å². The molecule has 1 unspecified atom stereocenters. The largest absolute Gasteiger partial charge is 0.475 e. The Balaban J connectivity index is 2.10. The van der Waals surface area contributed by atoms with Gasteiger partial charge in [0.05, 0.1) is 6.10 Å². The summed E-state index contributed by atoms with van der Waals surface area (Å²) in [4.78, 5) is 13.4. The lowest BCUT2D eigenvalue weighted by molar-refractivity contribution is 0.0221. The van der Waals surface area contributed by atoms with Crippen LogP contribution in [0.5, 0.6) is 0 Å². The molecule has 1 aliphatic heterocycles. The number of carbonyl (C=O) groups is 1. The molecule has 1 aliphatic rings. The monoisotopic (exact) mass is 295 g/mol. The molecule has 5 nitrogen and oxygen atoms in total. The SMILES string of the molecule is CCc1oc(C(=O)O)cc1CN1CCCOC(C(C)C)C1. The fourth-order valence-corrected chi connectivity index (χ4v) is 2.71. The van der Waals surface area contributed by atoms with Gasteiger partial charge in [-0.3, -0.25) is 4.90 Å². The zero-order valence-electron chi connectivity index (χ0n) is 13.1. The van der Waals surface area contributed by atoms with Crippen molar-refractivity contribution < 1.29 is 19.1 Å². The predicted octanol–water partition coefficient (Wildman–Crippen LogP) is 2.79. The van der Waals surface area contributed by atoms with Crippen molar-refractivity contribution in [2.45, 2.75) is 46.3 Å². The van der Waals surface area contributed by atoms with Crippen molar-refractivity contribution >= 4 is 5.97 Å². The van der Waals surface area contributed by atoms with E-state index in [1.165, 1.54) is 0 Å². The number of hydrogen-bond donors (Lipinski definition) is 1. The maximum Gasteiger partial charge on any atom is 0.371 e. The van der Waals surface area contributed by atoms with Gasteiger partial charge < -0.3 is 14.3 Å². The number of nitrogens with zero attached hydrogens (tertiary/aromatic N) is 1. The molecular formula is C16H25NO4. The average molecular weight is 295 g/mol. The Kier molecular flexibility index (Phi) is 5.42. The minimum Gasteiger partial charge on any atom is -0.475 e. The molecule has 2 rings (SSSR count). The van der Waals surface area contributed by atoms with E-state index in [4.69, 9.17) is 14.3 Å². The zero-order valence-corrected chi connectivity index (χ0v) is 13.1. The second-order valence-corrected chi connectivity index (χ2v) is 5.96. The quantitative estimate of drug-likeness (QED) is 0.905. The molecule has 0 amide bonds. The number of carboxylic acid groups (broad SMARTS) is 1. The van der Waals surface area contributed by atoms with E-state index in [-0.39, 0.29) is 11.9 Å². The van der Waals surface area contributed by atoms with E-state index in [1.54, 1.807) is 6.07 Å². The molecule has 0 aromatic carbocycles. The molecule has 2 heterocycles. The molecule has 0 saturated carbocycles. The Bertz CT molecular complexity index is 481. The molecule has 1 atom stereocenters. The summed E-state index contributed by atoms with van der Waals surface area (Å²) in [6, 6.07) is 1.66. The van der Waals surface area contributed by atoms with Crippen LogP contribution >= 0.6 is 0 Å². The number of hydrogen-bond acceptors (Lipinski definition) is 4. The summed E-state index contributed by atoms with van der Waals surface area (Å²) in [5, 5.41) is 9.06. The maximum absolute atomic E-state index is 11.0. The van der Waals surface area contributed by atoms with Crippen LogP contribution < -0.4 is 0 Å². The van der Waals surface area contributed by atoms with Gasteiger partial charge >= 0.3 is 5.97 Å². The Morgan fingerprint density at radius 2 is 2.29 bits per heavy atom. The Hall–Kier alpha value is -1.33. The highest BCUT2D eigenvalue weighted by atomic mass is 16.5. The highest BCUT2D eigenvalue weighted by Gasteiger charge is 2.23. The van der Waals surface area contributed by atoms with Crippen molar-refractivity contribution in [1.29, 1.82) is 0 Å². The molecule has 1 aromatic heterocycles. The zero-order chi connectivity index (χ0) is 15.4. The highest BCUT2D eigenvalue weighted by Crippen LogP contribution is 2.21. The summed E-state index contributed by atoms with van der Waals surface area (Å²) in [6.45, 7) is 9.71. The normalized spacial score (nSPS) is 20.7. The van der Waals surface area contributed by atoms with E-state index in [2.05, 4.69) is 18.7 Å². The van der Waals surface area contributed by atoms with Gasteiger partial charge in [0.25, 0.3) is 0 Å². The molecule has 1 saturated heterocycles. The number of carboxylic acids is 1. The van der Waals surface area contributed by atoms with Crippen molar-refractivity contribution in [3.63, 3.8) is 0 Å². The first-order valence-electron chi connectivity index (χ1n) is 7.70. The number of aryl methyl sites for hydroxylation is 1. The third kappa shape index (κ3) is 4.08. The summed E-state index contributed by atoms with van der Waals surface area (Å²) < 4.78 is 11.3. The van der Waals surface area contributed by atoms with Gasteiger partial charge in [0.2, 0.25) is 5.76 Å². The Morgan fingerprint density at radius 3 is 2.90 bits per heavy atom. The van der Waals surface area contributed by atoms with E-state index in [9.17, 15) is 4.79 Å². The highest BCUT2D eigenvalue weighted by molar-refractivity contribution is 5.84. The van der Waals surface area contributed by atoms with E-state index in [0.29, 0.717) is 12.3 Å². The van der Waals surface area contributed by atoms with Crippen LogP contribution in [0.25, 0.3) is 0 Å². The lowest BCUT2D eigenvalue weighted by Gasteiger charge is -2.25. The second-order valence-electron chi connectivity index (χ2n) is 5.96. The molecule has 118 valence electrons. The predicted molar refractivity (Wildman–Crippen MR) is 79.5 cm³/mol. The Morgan fingerprint density at radius 1 is 1.52 bits per heavy atom. The third-order valence-electron chi connectivity index (χ3n) is 3.95. The number of rotatable bonds is 5. The van der Waals surface area contributed by atoms with Gasteiger partial charge in [0.15, 0.2) is 0 Å². The summed E-state index contributed by atoms with van der Waals surface area (Å²) in [7, 11) is 0. The van der Waals surface area contributed by atoms with E-state index < -0.39 is 5.97 Å². The van der Waals surface area contributed by atoms with Crippen LogP contribution in [0.15, 0.2) is 10.5 Å². The fraction of sp³-hybridized carbons (Fsp3) is 0.688. The molecule has 5 heteroatoms. The summed E-state index contributed by atoms with van der Waals surface area (Å²) in [6.07, 6.45) is 1.96. The van der Waals surface area contributed by atoms with Crippen molar-refractivity contribution in [2.75, 3.05) is 19.7 Å². The van der Waals surface area contributed by atoms with Gasteiger partial charge in [-0.05, 0) is 18.4 Å². The van der Waals surface area contributed by atoms with Crippen molar-refractivity contribution in [2.24, 2.45) is 5.92 Å². The van der Waals surface area contributed by atoms with Crippen molar-refractivity contribution in [1.82, 2.24) is 4.90 Å². The van der Waals surface area contributed by atoms with Crippen LogP contribution in [0.4, 0.5) is 0 Å². The summed E-state index contributed by atoms with van der Waals surface area (Å²) in [5.74, 6) is 0.289. The molecule has 1 fully saturated rings. The molecule has 0 bridgehead atoms. The van der Waals surface area contributed by atoms with Crippen LogP contribution in [0.2, 0.25) is 0 Å². The molecule has 1 N–H and O–H groups in total. The van der Waals surface area contributed by atoms with Gasteiger partial charge in [0, 0.05) is 38.2 Å². The van der Waals surface area contributed by atoms with Crippen molar-refractivity contribution in [3.8, 4) is 0 Å². The molecular weight excluding hydrogens is 270 g/mol. The molecule has 0 aliphatic carbocycles. The first-order valence-corrected chi connectivity index (χ1v) is 7.70.